The summed E-state index contributed by atoms with van der Waals surface area (Å²) in [5.41, 5.74) is 0.759. The maximum absolute atomic E-state index is 12.0. The number of nitrogens with zero attached hydrogens (tertiary/aromatic N) is 1. The highest BCUT2D eigenvalue weighted by atomic mass is 32.2. The molecule has 1 atom stereocenters. The molecule has 0 saturated carbocycles. The van der Waals surface area contributed by atoms with Crippen molar-refractivity contribution in [3.63, 3.8) is 0 Å². The van der Waals surface area contributed by atoms with Crippen LogP contribution in [0.2, 0.25) is 0 Å². The Labute approximate surface area is 119 Å². The van der Waals surface area contributed by atoms with Gasteiger partial charge in [0.1, 0.15) is 6.04 Å². The lowest BCUT2D eigenvalue weighted by atomic mass is 10.1. The van der Waals surface area contributed by atoms with Crippen LogP contribution in [-0.2, 0) is 21.4 Å². The van der Waals surface area contributed by atoms with E-state index in [0.717, 1.165) is 9.87 Å². The standard InChI is InChI=1S/C13H20N2O4S/c1-10(2)15(3)20(18,19)14-12(13(16)17)9-11-7-5-4-6-8-11/h4-8,10,12,14H,9H2,1-3H3,(H,16,17)/t12-/m0/s1. The molecule has 20 heavy (non-hydrogen) atoms. The highest BCUT2D eigenvalue weighted by Gasteiger charge is 2.28. The van der Waals surface area contributed by atoms with Crippen LogP contribution in [0.5, 0.6) is 0 Å². The van der Waals surface area contributed by atoms with Crippen molar-refractivity contribution < 1.29 is 18.3 Å². The predicted octanol–water partition coefficient (Wildman–Crippen LogP) is 0.857. The van der Waals surface area contributed by atoms with Gasteiger partial charge < -0.3 is 5.11 Å². The lowest BCUT2D eigenvalue weighted by molar-refractivity contribution is -0.138. The molecular weight excluding hydrogens is 280 g/mol. The smallest absolute Gasteiger partial charge is 0.322 e. The van der Waals surface area contributed by atoms with Crippen molar-refractivity contribution in [1.82, 2.24) is 9.03 Å². The second-order valence-electron chi connectivity index (χ2n) is 4.81. The predicted molar refractivity (Wildman–Crippen MR) is 76.5 cm³/mol. The molecule has 0 heterocycles. The van der Waals surface area contributed by atoms with Crippen LogP contribution < -0.4 is 4.72 Å². The van der Waals surface area contributed by atoms with Crippen molar-refractivity contribution in [3.8, 4) is 0 Å². The summed E-state index contributed by atoms with van der Waals surface area (Å²) in [6, 6.07) is 7.46. The molecule has 0 bridgehead atoms. The Morgan fingerprint density at radius 2 is 1.85 bits per heavy atom. The molecular formula is C13H20N2O4S. The largest absolute Gasteiger partial charge is 0.480 e. The number of carboxylic acid groups (broad SMARTS) is 1. The first-order valence-corrected chi connectivity index (χ1v) is 7.70. The van der Waals surface area contributed by atoms with E-state index in [9.17, 15) is 18.3 Å². The number of benzene rings is 1. The number of hydrogen-bond acceptors (Lipinski definition) is 3. The monoisotopic (exact) mass is 300 g/mol. The third-order valence-corrected chi connectivity index (χ3v) is 4.74. The fraction of sp³-hybridized carbons (Fsp3) is 0.462. The van der Waals surface area contributed by atoms with Crippen LogP contribution >= 0.6 is 0 Å². The summed E-state index contributed by atoms with van der Waals surface area (Å²) in [7, 11) is -2.41. The zero-order valence-corrected chi connectivity index (χ0v) is 12.6. The molecule has 0 aromatic heterocycles. The second-order valence-corrected chi connectivity index (χ2v) is 6.58. The third-order valence-electron chi connectivity index (χ3n) is 2.98. The zero-order valence-electron chi connectivity index (χ0n) is 11.8. The molecule has 2 N–H and O–H groups in total. The van der Waals surface area contributed by atoms with Crippen molar-refractivity contribution >= 4 is 16.2 Å². The van der Waals surface area contributed by atoms with Crippen LogP contribution in [0.3, 0.4) is 0 Å². The fourth-order valence-electron chi connectivity index (χ4n) is 1.57. The van der Waals surface area contributed by atoms with Crippen molar-refractivity contribution in [1.29, 1.82) is 0 Å². The van der Waals surface area contributed by atoms with Crippen molar-refractivity contribution in [2.75, 3.05) is 7.05 Å². The number of carbonyl (C=O) groups is 1. The minimum absolute atomic E-state index is 0.0986. The van der Waals surface area contributed by atoms with Crippen LogP contribution in [0.15, 0.2) is 30.3 Å². The number of aliphatic carboxylic acids is 1. The molecule has 0 radical (unpaired) electrons. The van der Waals surface area contributed by atoms with Gasteiger partial charge in [0.15, 0.2) is 0 Å². The summed E-state index contributed by atoms with van der Waals surface area (Å²) in [5, 5.41) is 9.17. The average molecular weight is 300 g/mol. The normalized spacial score (nSPS) is 13.7. The van der Waals surface area contributed by atoms with Crippen molar-refractivity contribution in [2.24, 2.45) is 0 Å². The molecule has 0 spiro atoms. The first-order chi connectivity index (χ1) is 9.24. The number of carboxylic acids is 1. The first kappa shape index (κ1) is 16.6. The molecule has 6 nitrogen and oxygen atoms in total. The third kappa shape index (κ3) is 4.59. The van der Waals surface area contributed by atoms with Crippen LogP contribution in [-0.4, -0.2) is 42.9 Å². The number of nitrogens with one attached hydrogen (secondary N) is 1. The molecule has 1 aromatic carbocycles. The van der Waals surface area contributed by atoms with Gasteiger partial charge in [0.2, 0.25) is 0 Å². The van der Waals surface area contributed by atoms with E-state index in [1.54, 1.807) is 38.1 Å². The SMILES string of the molecule is CC(C)N(C)S(=O)(=O)N[C@@H](Cc1ccccc1)C(=O)O. The van der Waals surface area contributed by atoms with E-state index in [2.05, 4.69) is 4.72 Å². The highest BCUT2D eigenvalue weighted by molar-refractivity contribution is 7.87. The Morgan fingerprint density at radius 1 is 1.30 bits per heavy atom. The molecule has 112 valence electrons. The van der Waals surface area contributed by atoms with Gasteiger partial charge in [-0.3, -0.25) is 4.79 Å². The molecule has 1 aromatic rings. The van der Waals surface area contributed by atoms with Gasteiger partial charge in [-0.2, -0.15) is 17.4 Å². The van der Waals surface area contributed by atoms with Gasteiger partial charge in [-0.05, 0) is 25.8 Å². The van der Waals surface area contributed by atoms with Crippen molar-refractivity contribution in [2.45, 2.75) is 32.4 Å². The molecule has 0 fully saturated rings. The molecule has 0 aliphatic carbocycles. The molecule has 7 heteroatoms. The maximum atomic E-state index is 12.0. The van der Waals surface area contributed by atoms with E-state index < -0.39 is 22.2 Å². The van der Waals surface area contributed by atoms with E-state index in [1.165, 1.54) is 7.05 Å². The Morgan fingerprint density at radius 3 is 2.30 bits per heavy atom. The summed E-state index contributed by atoms with van der Waals surface area (Å²) in [6.45, 7) is 3.43. The fourth-order valence-corrected chi connectivity index (χ4v) is 2.83. The molecule has 1 rings (SSSR count). The van der Waals surface area contributed by atoms with Crippen LogP contribution in [0.1, 0.15) is 19.4 Å². The summed E-state index contributed by atoms with van der Waals surface area (Å²) in [5.74, 6) is -1.20. The number of rotatable bonds is 7. The maximum Gasteiger partial charge on any atom is 0.322 e. The summed E-state index contributed by atoms with van der Waals surface area (Å²) in [4.78, 5) is 11.2. The van der Waals surface area contributed by atoms with Gasteiger partial charge in [0.25, 0.3) is 10.2 Å². The zero-order chi connectivity index (χ0) is 15.3. The summed E-state index contributed by atoms with van der Waals surface area (Å²) in [6.07, 6.45) is 0.0986. The molecule has 0 aliphatic rings. The van der Waals surface area contributed by atoms with E-state index in [0.29, 0.717) is 0 Å². The van der Waals surface area contributed by atoms with E-state index in [-0.39, 0.29) is 12.5 Å². The Kier molecular flexibility index (Phi) is 5.67. The van der Waals surface area contributed by atoms with Gasteiger partial charge in [0.05, 0.1) is 0 Å². The molecule has 0 aliphatic heterocycles. The Bertz CT molecular complexity index is 543. The average Bonchev–Trinajstić information content (AvgIpc) is 2.37. The Balaban J connectivity index is 2.86. The number of hydrogen-bond donors (Lipinski definition) is 2. The van der Waals surface area contributed by atoms with Crippen LogP contribution in [0.25, 0.3) is 0 Å². The summed E-state index contributed by atoms with van der Waals surface area (Å²) < 4.78 is 27.4. The lowest BCUT2D eigenvalue weighted by Gasteiger charge is -2.23. The Hall–Kier alpha value is -1.44. The van der Waals surface area contributed by atoms with Crippen molar-refractivity contribution in [3.05, 3.63) is 35.9 Å². The van der Waals surface area contributed by atoms with Gasteiger partial charge in [0, 0.05) is 13.1 Å². The molecule has 0 unspecified atom stereocenters. The van der Waals surface area contributed by atoms with Gasteiger partial charge in [-0.25, -0.2) is 0 Å². The molecule has 0 amide bonds. The molecule has 0 saturated heterocycles. The van der Waals surface area contributed by atoms with Crippen LogP contribution in [0, 0.1) is 0 Å². The highest BCUT2D eigenvalue weighted by Crippen LogP contribution is 2.07. The lowest BCUT2D eigenvalue weighted by Crippen LogP contribution is -2.49. The van der Waals surface area contributed by atoms with Gasteiger partial charge in [-0.15, -0.1) is 0 Å². The second kappa shape index (κ2) is 6.83. The van der Waals surface area contributed by atoms with E-state index in [4.69, 9.17) is 0 Å². The first-order valence-electron chi connectivity index (χ1n) is 6.26. The van der Waals surface area contributed by atoms with E-state index in [1.807, 2.05) is 6.07 Å². The van der Waals surface area contributed by atoms with Crippen LogP contribution in [0.4, 0.5) is 0 Å². The quantitative estimate of drug-likeness (QED) is 0.782. The van der Waals surface area contributed by atoms with E-state index >= 15 is 0 Å². The van der Waals surface area contributed by atoms with Gasteiger partial charge in [-0.1, -0.05) is 30.3 Å². The van der Waals surface area contributed by atoms with Gasteiger partial charge >= 0.3 is 5.97 Å². The topological polar surface area (TPSA) is 86.7 Å². The summed E-state index contributed by atoms with van der Waals surface area (Å²) >= 11 is 0. The minimum atomic E-state index is -3.82. The minimum Gasteiger partial charge on any atom is -0.480 e.